The lowest BCUT2D eigenvalue weighted by Gasteiger charge is -2.18. The number of aromatic nitrogens is 2. The summed E-state index contributed by atoms with van der Waals surface area (Å²) in [6.45, 7) is 8.07. The highest BCUT2D eigenvalue weighted by molar-refractivity contribution is 5.48. The van der Waals surface area contributed by atoms with Gasteiger partial charge >= 0.3 is 5.69 Å². The fourth-order valence-electron chi connectivity index (χ4n) is 3.31. The Labute approximate surface area is 170 Å². The highest BCUT2D eigenvalue weighted by atomic mass is 16.5. The van der Waals surface area contributed by atoms with Crippen LogP contribution in [0.1, 0.15) is 42.0 Å². The molecule has 2 aromatic carbocycles. The zero-order valence-electron chi connectivity index (χ0n) is 17.2. The van der Waals surface area contributed by atoms with Crippen LogP contribution in [-0.4, -0.2) is 9.55 Å². The molecule has 0 fully saturated rings. The molecule has 0 radical (unpaired) electrons. The van der Waals surface area contributed by atoms with Crippen LogP contribution in [0.2, 0.25) is 0 Å². The van der Waals surface area contributed by atoms with E-state index in [2.05, 4.69) is 4.98 Å². The van der Waals surface area contributed by atoms with Gasteiger partial charge in [0.05, 0.1) is 5.56 Å². The monoisotopic (exact) mass is 390 g/mol. The molecule has 5 nitrogen and oxygen atoms in total. The van der Waals surface area contributed by atoms with Gasteiger partial charge in [-0.25, -0.2) is 4.79 Å². The van der Waals surface area contributed by atoms with E-state index in [1.54, 1.807) is 0 Å². The SMILES string of the molecule is Cc1cc(C)cc(Oc2c(C(C)C)c(=O)[nH]c(=O)n2C/C=C/c2ccccc2)c1. The summed E-state index contributed by atoms with van der Waals surface area (Å²) < 4.78 is 7.60. The molecule has 1 aromatic heterocycles. The molecule has 0 amide bonds. The van der Waals surface area contributed by atoms with Crippen LogP contribution in [0.15, 0.2) is 64.2 Å². The maximum atomic E-state index is 12.6. The molecule has 0 atom stereocenters. The second kappa shape index (κ2) is 8.78. The smallest absolute Gasteiger partial charge is 0.331 e. The van der Waals surface area contributed by atoms with Crippen molar-refractivity contribution in [3.8, 4) is 11.6 Å². The molecule has 3 rings (SSSR count). The fourth-order valence-corrected chi connectivity index (χ4v) is 3.31. The third-order valence-corrected chi connectivity index (χ3v) is 4.57. The topological polar surface area (TPSA) is 64.1 Å². The number of benzene rings is 2. The first kappa shape index (κ1) is 20.4. The van der Waals surface area contributed by atoms with E-state index >= 15 is 0 Å². The number of hydrogen-bond donors (Lipinski definition) is 1. The van der Waals surface area contributed by atoms with Gasteiger partial charge in [-0.15, -0.1) is 0 Å². The Bertz CT molecular complexity index is 1120. The van der Waals surface area contributed by atoms with E-state index in [0.717, 1.165) is 16.7 Å². The van der Waals surface area contributed by atoms with E-state index in [1.807, 2.05) is 88.4 Å². The van der Waals surface area contributed by atoms with E-state index < -0.39 is 11.2 Å². The Hall–Kier alpha value is -3.34. The molecule has 0 unspecified atom stereocenters. The summed E-state index contributed by atoms with van der Waals surface area (Å²) in [7, 11) is 0. The molecule has 0 bridgehead atoms. The van der Waals surface area contributed by atoms with Crippen LogP contribution < -0.4 is 16.0 Å². The minimum absolute atomic E-state index is 0.107. The third-order valence-electron chi connectivity index (χ3n) is 4.57. The van der Waals surface area contributed by atoms with Gasteiger partial charge in [0.25, 0.3) is 5.56 Å². The van der Waals surface area contributed by atoms with Crippen LogP contribution in [0.5, 0.6) is 11.6 Å². The predicted molar refractivity (Wildman–Crippen MR) is 117 cm³/mol. The zero-order chi connectivity index (χ0) is 21.0. The molecular formula is C24H26N2O3. The predicted octanol–water partition coefficient (Wildman–Crippen LogP) is 4.78. The molecular weight excluding hydrogens is 364 g/mol. The van der Waals surface area contributed by atoms with Gasteiger partial charge in [0.2, 0.25) is 5.88 Å². The number of nitrogens with zero attached hydrogens (tertiary/aromatic N) is 1. The third kappa shape index (κ3) is 4.93. The highest BCUT2D eigenvalue weighted by Gasteiger charge is 2.19. The van der Waals surface area contributed by atoms with Gasteiger partial charge in [-0.05, 0) is 48.6 Å². The number of nitrogens with one attached hydrogen (secondary N) is 1. The number of hydrogen-bond acceptors (Lipinski definition) is 3. The molecule has 3 aromatic rings. The quantitative estimate of drug-likeness (QED) is 0.659. The van der Waals surface area contributed by atoms with Gasteiger partial charge in [0.1, 0.15) is 5.75 Å². The lowest BCUT2D eigenvalue weighted by atomic mass is 10.1. The van der Waals surface area contributed by atoms with Crippen molar-refractivity contribution in [2.75, 3.05) is 0 Å². The number of H-pyrrole nitrogens is 1. The second-order valence-corrected chi connectivity index (χ2v) is 7.48. The Kier molecular flexibility index (Phi) is 6.17. The number of aryl methyl sites for hydroxylation is 2. The van der Waals surface area contributed by atoms with Crippen LogP contribution >= 0.6 is 0 Å². The van der Waals surface area contributed by atoms with Crippen molar-refractivity contribution in [2.45, 2.75) is 40.2 Å². The minimum Gasteiger partial charge on any atom is -0.440 e. The van der Waals surface area contributed by atoms with Crippen molar-refractivity contribution in [3.05, 3.63) is 97.7 Å². The summed E-state index contributed by atoms with van der Waals surface area (Å²) in [5.74, 6) is 0.788. The van der Waals surface area contributed by atoms with Gasteiger partial charge in [0, 0.05) is 6.54 Å². The average molecular weight is 390 g/mol. The van der Waals surface area contributed by atoms with E-state index in [-0.39, 0.29) is 18.3 Å². The summed E-state index contributed by atoms with van der Waals surface area (Å²) in [4.78, 5) is 27.5. The van der Waals surface area contributed by atoms with Crippen molar-refractivity contribution in [2.24, 2.45) is 0 Å². The number of ether oxygens (including phenoxy) is 1. The van der Waals surface area contributed by atoms with Crippen molar-refractivity contribution in [1.82, 2.24) is 9.55 Å². The maximum Gasteiger partial charge on any atom is 0.331 e. The van der Waals surface area contributed by atoms with E-state index in [0.29, 0.717) is 11.3 Å². The van der Waals surface area contributed by atoms with Gasteiger partial charge < -0.3 is 4.74 Å². The zero-order valence-corrected chi connectivity index (χ0v) is 17.2. The second-order valence-electron chi connectivity index (χ2n) is 7.48. The Morgan fingerprint density at radius 1 is 1.03 bits per heavy atom. The van der Waals surface area contributed by atoms with Crippen molar-refractivity contribution >= 4 is 6.08 Å². The van der Waals surface area contributed by atoms with Gasteiger partial charge in [-0.2, -0.15) is 0 Å². The molecule has 0 aliphatic heterocycles. The molecule has 150 valence electrons. The van der Waals surface area contributed by atoms with Crippen LogP contribution in [0.3, 0.4) is 0 Å². The van der Waals surface area contributed by atoms with Crippen molar-refractivity contribution in [1.29, 1.82) is 0 Å². The van der Waals surface area contributed by atoms with E-state index in [9.17, 15) is 9.59 Å². The highest BCUT2D eigenvalue weighted by Crippen LogP contribution is 2.28. The summed E-state index contributed by atoms with van der Waals surface area (Å²) in [5.41, 5.74) is 2.69. The van der Waals surface area contributed by atoms with E-state index in [1.165, 1.54) is 4.57 Å². The first-order valence-corrected chi connectivity index (χ1v) is 9.70. The van der Waals surface area contributed by atoms with Crippen LogP contribution in [0.4, 0.5) is 0 Å². The summed E-state index contributed by atoms with van der Waals surface area (Å²) >= 11 is 0. The Morgan fingerprint density at radius 2 is 1.69 bits per heavy atom. The molecule has 0 spiro atoms. The van der Waals surface area contributed by atoms with Crippen molar-refractivity contribution in [3.63, 3.8) is 0 Å². The molecule has 0 aliphatic rings. The normalized spacial score (nSPS) is 11.3. The molecule has 1 N–H and O–H groups in total. The van der Waals surface area contributed by atoms with Crippen molar-refractivity contribution < 1.29 is 4.74 Å². The molecule has 1 heterocycles. The standard InChI is InChI=1S/C24H26N2O3/c1-16(2)21-22(27)25-24(28)26(12-8-11-19-9-6-5-7-10-19)23(21)29-20-14-17(3)13-18(4)15-20/h5-11,13-16H,12H2,1-4H3,(H,25,27,28)/b11-8+. The van der Waals surface area contributed by atoms with Gasteiger partial charge in [-0.1, -0.05) is 62.4 Å². The fraction of sp³-hybridized carbons (Fsp3) is 0.250. The minimum atomic E-state index is -0.489. The summed E-state index contributed by atoms with van der Waals surface area (Å²) in [6, 6.07) is 15.7. The lowest BCUT2D eigenvalue weighted by Crippen LogP contribution is -2.33. The average Bonchev–Trinajstić information content (AvgIpc) is 2.63. The first-order chi connectivity index (χ1) is 13.8. The van der Waals surface area contributed by atoms with Crippen LogP contribution in [-0.2, 0) is 6.54 Å². The summed E-state index contributed by atoms with van der Waals surface area (Å²) in [6.07, 6.45) is 3.82. The summed E-state index contributed by atoms with van der Waals surface area (Å²) in [5, 5.41) is 0. The molecule has 0 saturated heterocycles. The van der Waals surface area contributed by atoms with Crippen LogP contribution in [0.25, 0.3) is 6.08 Å². The number of allylic oxidation sites excluding steroid dienone is 1. The van der Waals surface area contributed by atoms with Gasteiger partial charge in [-0.3, -0.25) is 14.3 Å². The van der Waals surface area contributed by atoms with E-state index in [4.69, 9.17) is 4.74 Å². The largest absolute Gasteiger partial charge is 0.440 e. The Balaban J connectivity index is 2.06. The first-order valence-electron chi connectivity index (χ1n) is 9.70. The maximum absolute atomic E-state index is 12.6. The lowest BCUT2D eigenvalue weighted by molar-refractivity contribution is 0.411. The number of aromatic amines is 1. The molecule has 0 saturated carbocycles. The Morgan fingerprint density at radius 3 is 2.31 bits per heavy atom. The number of rotatable bonds is 6. The molecule has 0 aliphatic carbocycles. The van der Waals surface area contributed by atoms with Gasteiger partial charge in [0.15, 0.2) is 0 Å². The molecule has 5 heteroatoms. The van der Waals surface area contributed by atoms with Crippen LogP contribution in [0, 0.1) is 13.8 Å². The molecule has 29 heavy (non-hydrogen) atoms.